The monoisotopic (exact) mass is 386 g/mol. The van der Waals surface area contributed by atoms with E-state index < -0.39 is 0 Å². The second-order valence-electron chi connectivity index (χ2n) is 8.49. The molecule has 1 atom stereocenters. The molecule has 0 spiro atoms. The number of hydrogen-bond donors (Lipinski definition) is 0. The molecule has 4 rings (SSSR count). The van der Waals surface area contributed by atoms with Gasteiger partial charge in [-0.25, -0.2) is 0 Å². The van der Waals surface area contributed by atoms with Crippen LogP contribution >= 0.6 is 0 Å². The van der Waals surface area contributed by atoms with Crippen LogP contribution in [0.2, 0.25) is 0 Å². The lowest BCUT2D eigenvalue weighted by Crippen LogP contribution is -2.51. The van der Waals surface area contributed by atoms with Gasteiger partial charge in [-0.1, -0.05) is 0 Å². The highest BCUT2D eigenvalue weighted by atomic mass is 16.5. The van der Waals surface area contributed by atoms with E-state index in [2.05, 4.69) is 31.8 Å². The first kappa shape index (κ1) is 19.8. The summed E-state index contributed by atoms with van der Waals surface area (Å²) in [7, 11) is 0. The fourth-order valence-electron chi connectivity index (χ4n) is 4.95. The van der Waals surface area contributed by atoms with Gasteiger partial charge in [0.15, 0.2) is 0 Å². The van der Waals surface area contributed by atoms with Crippen molar-refractivity contribution in [3.63, 3.8) is 0 Å². The molecule has 3 aliphatic rings. The molecule has 1 aromatic heterocycles. The lowest BCUT2D eigenvalue weighted by molar-refractivity contribution is -0.137. The summed E-state index contributed by atoms with van der Waals surface area (Å²) in [5.74, 6) is 0.548. The van der Waals surface area contributed by atoms with Crippen molar-refractivity contribution in [1.29, 1.82) is 0 Å². The van der Waals surface area contributed by atoms with Gasteiger partial charge in [-0.3, -0.25) is 19.6 Å². The Hall–Kier alpha value is -1.50. The van der Waals surface area contributed by atoms with E-state index >= 15 is 0 Å². The molecular formula is C22H34N4O2. The molecule has 0 unspecified atom stereocenters. The van der Waals surface area contributed by atoms with Crippen LogP contribution in [0.15, 0.2) is 24.5 Å². The van der Waals surface area contributed by atoms with Crippen molar-refractivity contribution in [2.45, 2.75) is 44.7 Å². The first-order valence-corrected chi connectivity index (χ1v) is 11.0. The summed E-state index contributed by atoms with van der Waals surface area (Å²) in [5, 5.41) is 0. The van der Waals surface area contributed by atoms with E-state index in [-0.39, 0.29) is 5.92 Å². The van der Waals surface area contributed by atoms with Crippen LogP contribution in [0, 0.1) is 5.92 Å². The van der Waals surface area contributed by atoms with Crippen molar-refractivity contribution in [2.24, 2.45) is 5.92 Å². The predicted molar refractivity (Wildman–Crippen MR) is 109 cm³/mol. The van der Waals surface area contributed by atoms with Crippen molar-refractivity contribution in [1.82, 2.24) is 19.7 Å². The van der Waals surface area contributed by atoms with Crippen LogP contribution in [-0.2, 0) is 16.1 Å². The number of carbonyl (C=O) groups excluding carboxylic acids is 1. The number of ether oxygens (including phenoxy) is 1. The van der Waals surface area contributed by atoms with E-state index in [0.717, 1.165) is 71.7 Å². The SMILES string of the molecule is O=C([C@@H]1CCCN(C2CCN(Cc3ccncc3)CC2)C1)N1CCCOCC1. The van der Waals surface area contributed by atoms with Gasteiger partial charge in [0.25, 0.3) is 0 Å². The summed E-state index contributed by atoms with van der Waals surface area (Å²) in [6, 6.07) is 4.86. The number of likely N-dealkylation sites (tertiary alicyclic amines) is 2. The molecule has 1 amide bonds. The Morgan fingerprint density at radius 2 is 1.82 bits per heavy atom. The number of amides is 1. The van der Waals surface area contributed by atoms with Gasteiger partial charge in [0.05, 0.1) is 12.5 Å². The molecule has 6 nitrogen and oxygen atoms in total. The third-order valence-corrected chi connectivity index (χ3v) is 6.57. The zero-order valence-electron chi connectivity index (χ0n) is 17.0. The molecule has 3 aliphatic heterocycles. The van der Waals surface area contributed by atoms with Crippen molar-refractivity contribution in [2.75, 3.05) is 52.5 Å². The third-order valence-electron chi connectivity index (χ3n) is 6.57. The average molecular weight is 387 g/mol. The van der Waals surface area contributed by atoms with Crippen LogP contribution in [0.5, 0.6) is 0 Å². The molecule has 4 heterocycles. The number of carbonyl (C=O) groups is 1. The van der Waals surface area contributed by atoms with Crippen molar-refractivity contribution in [3.05, 3.63) is 30.1 Å². The van der Waals surface area contributed by atoms with E-state index in [1.54, 1.807) is 0 Å². The van der Waals surface area contributed by atoms with Crippen molar-refractivity contribution in [3.8, 4) is 0 Å². The van der Waals surface area contributed by atoms with E-state index in [9.17, 15) is 4.79 Å². The van der Waals surface area contributed by atoms with Gasteiger partial charge in [0.2, 0.25) is 5.91 Å². The second-order valence-corrected chi connectivity index (χ2v) is 8.49. The summed E-state index contributed by atoms with van der Waals surface area (Å²) in [6.45, 7) is 8.53. The zero-order valence-corrected chi connectivity index (χ0v) is 17.0. The summed E-state index contributed by atoms with van der Waals surface area (Å²) in [6.07, 6.45) is 9.35. The quantitative estimate of drug-likeness (QED) is 0.792. The fraction of sp³-hybridized carbons (Fsp3) is 0.727. The smallest absolute Gasteiger partial charge is 0.227 e. The van der Waals surface area contributed by atoms with Gasteiger partial charge in [0, 0.05) is 51.2 Å². The molecule has 0 bridgehead atoms. The Morgan fingerprint density at radius 3 is 2.64 bits per heavy atom. The number of pyridine rings is 1. The minimum Gasteiger partial charge on any atom is -0.380 e. The van der Waals surface area contributed by atoms with Gasteiger partial charge in [-0.2, -0.15) is 0 Å². The zero-order chi connectivity index (χ0) is 19.2. The maximum atomic E-state index is 13.0. The van der Waals surface area contributed by atoms with Crippen molar-refractivity contribution < 1.29 is 9.53 Å². The number of hydrogen-bond acceptors (Lipinski definition) is 5. The van der Waals surface area contributed by atoms with E-state index in [4.69, 9.17) is 4.74 Å². The van der Waals surface area contributed by atoms with Crippen LogP contribution in [0.4, 0.5) is 0 Å². The highest BCUT2D eigenvalue weighted by Crippen LogP contribution is 2.26. The molecular weight excluding hydrogens is 352 g/mol. The number of aromatic nitrogens is 1. The largest absolute Gasteiger partial charge is 0.380 e. The number of rotatable bonds is 4. The molecule has 3 fully saturated rings. The standard InChI is InChI=1S/C22H34N4O2/c27-22(25-11-2-15-28-16-14-25)20-3-1-10-26(18-20)21-6-12-24(13-7-21)17-19-4-8-23-9-5-19/h4-5,8-9,20-21H,1-3,6-7,10-18H2/t20-/m1/s1. The molecule has 6 heteroatoms. The van der Waals surface area contributed by atoms with Crippen LogP contribution in [0.3, 0.4) is 0 Å². The predicted octanol–water partition coefficient (Wildman–Crippen LogP) is 2.01. The molecule has 0 saturated carbocycles. The average Bonchev–Trinajstić information content (AvgIpc) is 3.04. The summed E-state index contributed by atoms with van der Waals surface area (Å²) in [5.41, 5.74) is 1.35. The molecule has 0 aromatic carbocycles. The number of piperidine rings is 2. The summed E-state index contributed by atoms with van der Waals surface area (Å²) < 4.78 is 5.52. The minimum atomic E-state index is 0.182. The third kappa shape index (κ3) is 5.10. The lowest BCUT2D eigenvalue weighted by atomic mass is 9.92. The Labute approximate surface area is 168 Å². The Morgan fingerprint density at radius 1 is 1.00 bits per heavy atom. The van der Waals surface area contributed by atoms with E-state index in [0.29, 0.717) is 18.6 Å². The van der Waals surface area contributed by atoms with E-state index in [1.165, 1.54) is 18.4 Å². The first-order chi connectivity index (χ1) is 13.8. The molecule has 0 aliphatic carbocycles. The van der Waals surface area contributed by atoms with Gasteiger partial charge in [-0.05, 0) is 69.4 Å². The minimum absolute atomic E-state index is 0.182. The topological polar surface area (TPSA) is 48.9 Å². The van der Waals surface area contributed by atoms with Crippen molar-refractivity contribution >= 4 is 5.91 Å². The highest BCUT2D eigenvalue weighted by molar-refractivity contribution is 5.79. The summed E-state index contributed by atoms with van der Waals surface area (Å²) >= 11 is 0. The van der Waals surface area contributed by atoms with Gasteiger partial charge in [0.1, 0.15) is 0 Å². The molecule has 1 aromatic rings. The molecule has 28 heavy (non-hydrogen) atoms. The van der Waals surface area contributed by atoms with Crippen LogP contribution in [0.1, 0.15) is 37.7 Å². The summed E-state index contributed by atoms with van der Waals surface area (Å²) in [4.78, 5) is 24.3. The molecule has 0 N–H and O–H groups in total. The molecule has 154 valence electrons. The van der Waals surface area contributed by atoms with E-state index in [1.807, 2.05) is 12.4 Å². The molecule has 0 radical (unpaired) electrons. The first-order valence-electron chi connectivity index (χ1n) is 11.0. The normalized spacial score (nSPS) is 26.1. The van der Waals surface area contributed by atoms with Crippen LogP contribution < -0.4 is 0 Å². The fourth-order valence-corrected chi connectivity index (χ4v) is 4.95. The maximum absolute atomic E-state index is 13.0. The van der Waals surface area contributed by atoms with Gasteiger partial charge < -0.3 is 9.64 Å². The van der Waals surface area contributed by atoms with Gasteiger partial charge >= 0.3 is 0 Å². The van der Waals surface area contributed by atoms with Crippen LogP contribution in [-0.4, -0.2) is 84.1 Å². The Bertz CT molecular complexity index is 610. The Kier molecular flexibility index (Phi) is 6.94. The second kappa shape index (κ2) is 9.81. The Balaban J connectivity index is 1.26. The van der Waals surface area contributed by atoms with Crippen LogP contribution in [0.25, 0.3) is 0 Å². The maximum Gasteiger partial charge on any atom is 0.227 e. The number of nitrogens with zero attached hydrogens (tertiary/aromatic N) is 4. The highest BCUT2D eigenvalue weighted by Gasteiger charge is 2.33. The van der Waals surface area contributed by atoms with Gasteiger partial charge in [-0.15, -0.1) is 0 Å². The lowest BCUT2D eigenvalue weighted by Gasteiger charge is -2.42. The molecule has 3 saturated heterocycles.